The van der Waals surface area contributed by atoms with Crippen LogP contribution in [0.1, 0.15) is 35.7 Å². The highest BCUT2D eigenvalue weighted by Gasteiger charge is 2.30. The quantitative estimate of drug-likeness (QED) is 0.661. The molecule has 1 saturated heterocycles. The Morgan fingerprint density at radius 3 is 2.50 bits per heavy atom. The van der Waals surface area contributed by atoms with E-state index in [1.54, 1.807) is 18.7 Å². The molecule has 1 aromatic carbocycles. The van der Waals surface area contributed by atoms with Crippen molar-refractivity contribution in [3.63, 3.8) is 0 Å². The molecule has 0 aromatic heterocycles. The van der Waals surface area contributed by atoms with Crippen molar-refractivity contribution >= 4 is 11.6 Å². The molecule has 1 aromatic rings. The number of benzene rings is 1. The van der Waals surface area contributed by atoms with E-state index in [9.17, 15) is 20.0 Å². The third kappa shape index (κ3) is 2.96. The number of amides is 1. The number of likely N-dealkylation sites (tertiary alicyclic amines) is 1. The number of carbonyl (C=O) groups is 1. The van der Waals surface area contributed by atoms with E-state index in [2.05, 4.69) is 0 Å². The molecule has 108 valence electrons. The molecule has 6 heteroatoms. The van der Waals surface area contributed by atoms with Gasteiger partial charge in [-0.1, -0.05) is 0 Å². The van der Waals surface area contributed by atoms with Crippen molar-refractivity contribution in [2.75, 3.05) is 13.1 Å². The molecule has 0 spiro atoms. The van der Waals surface area contributed by atoms with Gasteiger partial charge in [-0.05, 0) is 38.3 Å². The summed E-state index contributed by atoms with van der Waals surface area (Å²) in [5, 5.41) is 20.6. The molecule has 0 unspecified atom stereocenters. The highest BCUT2D eigenvalue weighted by molar-refractivity contribution is 5.96. The number of piperidine rings is 1. The third-order valence-corrected chi connectivity index (χ3v) is 3.78. The summed E-state index contributed by atoms with van der Waals surface area (Å²) in [5.41, 5.74) is 0.362. The first-order valence-corrected chi connectivity index (χ1v) is 6.57. The molecule has 0 aliphatic carbocycles. The minimum absolute atomic E-state index is 0.0133. The standard InChI is InChI=1S/C14H18N2O4/c1-10-9-11(16(19)20)3-4-12(10)13(17)15-7-5-14(2,18)6-8-15/h3-4,9,18H,5-8H2,1-2H3. The average molecular weight is 278 g/mol. The summed E-state index contributed by atoms with van der Waals surface area (Å²) in [5.74, 6) is -0.132. The molecule has 1 heterocycles. The first-order valence-electron chi connectivity index (χ1n) is 6.57. The fourth-order valence-electron chi connectivity index (χ4n) is 2.36. The molecule has 1 aliphatic heterocycles. The number of carbonyl (C=O) groups excluding carboxylic acids is 1. The lowest BCUT2D eigenvalue weighted by molar-refractivity contribution is -0.384. The average Bonchev–Trinajstić information content (AvgIpc) is 2.37. The Morgan fingerprint density at radius 1 is 1.40 bits per heavy atom. The molecule has 0 atom stereocenters. The van der Waals surface area contributed by atoms with Gasteiger partial charge in [-0.2, -0.15) is 0 Å². The molecular formula is C14H18N2O4. The van der Waals surface area contributed by atoms with Crippen LogP contribution in [-0.2, 0) is 0 Å². The summed E-state index contributed by atoms with van der Waals surface area (Å²) < 4.78 is 0. The molecule has 20 heavy (non-hydrogen) atoms. The lowest BCUT2D eigenvalue weighted by Crippen LogP contribution is -2.45. The van der Waals surface area contributed by atoms with Gasteiger partial charge < -0.3 is 10.0 Å². The zero-order chi connectivity index (χ0) is 14.9. The second-order valence-electron chi connectivity index (χ2n) is 5.55. The van der Waals surface area contributed by atoms with Crippen molar-refractivity contribution in [2.24, 2.45) is 0 Å². The van der Waals surface area contributed by atoms with Gasteiger partial charge in [0.15, 0.2) is 0 Å². The second-order valence-corrected chi connectivity index (χ2v) is 5.55. The van der Waals surface area contributed by atoms with Gasteiger partial charge in [0, 0.05) is 30.8 Å². The molecule has 1 amide bonds. The lowest BCUT2D eigenvalue weighted by Gasteiger charge is -2.36. The van der Waals surface area contributed by atoms with Crippen LogP contribution in [0.2, 0.25) is 0 Å². The second kappa shape index (κ2) is 5.20. The fraction of sp³-hybridized carbons (Fsp3) is 0.500. The van der Waals surface area contributed by atoms with Crippen LogP contribution in [0.15, 0.2) is 18.2 Å². The van der Waals surface area contributed by atoms with Crippen LogP contribution in [0.4, 0.5) is 5.69 Å². The van der Waals surface area contributed by atoms with E-state index in [4.69, 9.17) is 0 Å². The summed E-state index contributed by atoms with van der Waals surface area (Å²) in [6, 6.07) is 4.26. The van der Waals surface area contributed by atoms with Crippen molar-refractivity contribution in [2.45, 2.75) is 32.3 Å². The maximum Gasteiger partial charge on any atom is 0.269 e. The number of hydrogen-bond donors (Lipinski definition) is 1. The zero-order valence-corrected chi connectivity index (χ0v) is 11.6. The fourth-order valence-corrected chi connectivity index (χ4v) is 2.36. The number of aliphatic hydroxyl groups is 1. The Hall–Kier alpha value is -1.95. The Balaban J connectivity index is 2.16. The maximum absolute atomic E-state index is 12.4. The zero-order valence-electron chi connectivity index (χ0n) is 11.6. The summed E-state index contributed by atoms with van der Waals surface area (Å²) in [6.07, 6.45) is 1.09. The van der Waals surface area contributed by atoms with Crippen molar-refractivity contribution in [1.29, 1.82) is 0 Å². The molecule has 0 radical (unpaired) electrons. The minimum atomic E-state index is -0.707. The smallest absolute Gasteiger partial charge is 0.269 e. The first kappa shape index (κ1) is 14.5. The Labute approximate surface area is 117 Å². The Morgan fingerprint density at radius 2 is 2.00 bits per heavy atom. The van der Waals surface area contributed by atoms with E-state index in [1.165, 1.54) is 18.2 Å². The van der Waals surface area contributed by atoms with Crippen molar-refractivity contribution in [1.82, 2.24) is 4.90 Å². The van der Waals surface area contributed by atoms with E-state index in [0.717, 1.165) is 0 Å². The van der Waals surface area contributed by atoms with Crippen LogP contribution in [0.3, 0.4) is 0 Å². The number of rotatable bonds is 2. The van der Waals surface area contributed by atoms with Gasteiger partial charge in [0.25, 0.3) is 11.6 Å². The molecule has 6 nitrogen and oxygen atoms in total. The van der Waals surface area contributed by atoms with Crippen LogP contribution in [-0.4, -0.2) is 39.5 Å². The lowest BCUT2D eigenvalue weighted by atomic mass is 9.93. The molecule has 1 fully saturated rings. The molecule has 0 saturated carbocycles. The predicted molar refractivity (Wildman–Crippen MR) is 73.6 cm³/mol. The van der Waals surface area contributed by atoms with E-state index in [1.807, 2.05) is 0 Å². The number of aryl methyl sites for hydroxylation is 1. The van der Waals surface area contributed by atoms with Crippen molar-refractivity contribution < 1.29 is 14.8 Å². The highest BCUT2D eigenvalue weighted by Crippen LogP contribution is 2.24. The highest BCUT2D eigenvalue weighted by atomic mass is 16.6. The number of nitrogens with zero attached hydrogens (tertiary/aromatic N) is 2. The molecule has 1 aliphatic rings. The molecule has 0 bridgehead atoms. The van der Waals surface area contributed by atoms with Crippen molar-refractivity contribution in [3.05, 3.63) is 39.4 Å². The summed E-state index contributed by atoms with van der Waals surface area (Å²) in [6.45, 7) is 4.47. The van der Waals surface area contributed by atoms with Gasteiger partial charge in [-0.25, -0.2) is 0 Å². The predicted octanol–water partition coefficient (Wildman–Crippen LogP) is 1.89. The van der Waals surface area contributed by atoms with E-state index in [0.29, 0.717) is 37.1 Å². The normalized spacial score (nSPS) is 17.9. The van der Waals surface area contributed by atoms with Crippen LogP contribution in [0.25, 0.3) is 0 Å². The van der Waals surface area contributed by atoms with Crippen LogP contribution < -0.4 is 0 Å². The van der Waals surface area contributed by atoms with Gasteiger partial charge in [-0.3, -0.25) is 14.9 Å². The number of hydrogen-bond acceptors (Lipinski definition) is 4. The van der Waals surface area contributed by atoms with Crippen LogP contribution in [0.5, 0.6) is 0 Å². The maximum atomic E-state index is 12.4. The van der Waals surface area contributed by atoms with Gasteiger partial charge in [0.1, 0.15) is 0 Å². The van der Waals surface area contributed by atoms with Crippen LogP contribution >= 0.6 is 0 Å². The van der Waals surface area contributed by atoms with E-state index >= 15 is 0 Å². The topological polar surface area (TPSA) is 83.7 Å². The molecule has 2 rings (SSSR count). The first-order chi connectivity index (χ1) is 9.30. The van der Waals surface area contributed by atoms with Gasteiger partial charge in [-0.15, -0.1) is 0 Å². The van der Waals surface area contributed by atoms with Crippen molar-refractivity contribution in [3.8, 4) is 0 Å². The Bertz CT molecular complexity index is 544. The number of non-ortho nitro benzene ring substituents is 1. The third-order valence-electron chi connectivity index (χ3n) is 3.78. The summed E-state index contributed by atoms with van der Waals surface area (Å²) in [4.78, 5) is 24.3. The Kier molecular flexibility index (Phi) is 3.76. The molecule has 1 N–H and O–H groups in total. The van der Waals surface area contributed by atoms with Gasteiger partial charge in [0.05, 0.1) is 10.5 Å². The van der Waals surface area contributed by atoms with E-state index in [-0.39, 0.29) is 11.6 Å². The van der Waals surface area contributed by atoms with Gasteiger partial charge in [0.2, 0.25) is 0 Å². The number of nitro groups is 1. The number of nitro benzene ring substituents is 1. The summed E-state index contributed by atoms with van der Waals surface area (Å²) in [7, 11) is 0. The molecular weight excluding hydrogens is 260 g/mol. The largest absolute Gasteiger partial charge is 0.390 e. The van der Waals surface area contributed by atoms with E-state index < -0.39 is 10.5 Å². The monoisotopic (exact) mass is 278 g/mol. The summed E-state index contributed by atoms with van der Waals surface area (Å²) >= 11 is 0. The minimum Gasteiger partial charge on any atom is -0.390 e. The SMILES string of the molecule is Cc1cc([N+](=O)[O-])ccc1C(=O)N1CCC(C)(O)CC1. The van der Waals surface area contributed by atoms with Gasteiger partial charge >= 0.3 is 0 Å². The van der Waals surface area contributed by atoms with Crippen LogP contribution in [0, 0.1) is 17.0 Å².